The van der Waals surface area contributed by atoms with Crippen molar-refractivity contribution in [2.24, 2.45) is 0 Å². The second-order valence-corrected chi connectivity index (χ2v) is 10.8. The smallest absolute Gasteiger partial charge is 0.265 e. The summed E-state index contributed by atoms with van der Waals surface area (Å²) < 4.78 is 34.7. The first-order valence-electron chi connectivity index (χ1n) is 12.4. The van der Waals surface area contributed by atoms with E-state index in [4.69, 9.17) is 4.74 Å². The van der Waals surface area contributed by atoms with Crippen molar-refractivity contribution < 1.29 is 13.2 Å². The molecular weight excluding hydrogens is 460 g/mol. The van der Waals surface area contributed by atoms with E-state index < -0.39 is 10.0 Å². The summed E-state index contributed by atoms with van der Waals surface area (Å²) >= 11 is 0. The number of anilines is 2. The highest BCUT2D eigenvalue weighted by Crippen LogP contribution is 2.30. The van der Waals surface area contributed by atoms with Crippen LogP contribution in [0.4, 0.5) is 11.5 Å². The minimum Gasteiger partial charge on any atom is -0.492 e. The van der Waals surface area contributed by atoms with E-state index in [0.717, 1.165) is 35.7 Å². The Bertz CT molecular complexity index is 1220. The molecule has 186 valence electrons. The quantitative estimate of drug-likeness (QED) is 0.423. The lowest BCUT2D eigenvalue weighted by Crippen LogP contribution is -2.25. The van der Waals surface area contributed by atoms with Gasteiger partial charge >= 0.3 is 0 Å². The third-order valence-electron chi connectivity index (χ3n) is 6.24. The summed E-state index contributed by atoms with van der Waals surface area (Å²) in [7, 11) is -3.83. The standard InChI is InChI=1S/C27H34N4O3S/c1-4-34-25-15-11-22(20(2)3)19-26(25)35(32,33)30-23-12-9-21(10-13-23)24-14-16-27(29-28-24)31-17-7-5-6-8-18-31/h9-16,19-20,30H,4-8,17-18H2,1-3H3. The molecule has 1 fully saturated rings. The van der Waals surface area contributed by atoms with Crippen molar-refractivity contribution in [1.29, 1.82) is 0 Å². The third-order valence-corrected chi connectivity index (χ3v) is 7.64. The molecular formula is C27H34N4O3S. The zero-order valence-electron chi connectivity index (χ0n) is 20.7. The van der Waals surface area contributed by atoms with E-state index in [1.807, 2.05) is 51.1 Å². The Morgan fingerprint density at radius 3 is 2.26 bits per heavy atom. The fourth-order valence-electron chi connectivity index (χ4n) is 4.24. The summed E-state index contributed by atoms with van der Waals surface area (Å²) in [5.41, 5.74) is 3.03. The Balaban J connectivity index is 1.51. The van der Waals surface area contributed by atoms with Gasteiger partial charge in [-0.15, -0.1) is 10.2 Å². The minimum absolute atomic E-state index is 0.143. The molecule has 0 bridgehead atoms. The number of rotatable bonds is 8. The average molecular weight is 495 g/mol. The van der Waals surface area contributed by atoms with Crippen molar-refractivity contribution in [1.82, 2.24) is 10.2 Å². The minimum atomic E-state index is -3.83. The van der Waals surface area contributed by atoms with E-state index in [1.54, 1.807) is 24.3 Å². The number of nitrogens with one attached hydrogen (secondary N) is 1. The number of hydrogen-bond acceptors (Lipinski definition) is 6. The normalized spacial score (nSPS) is 14.6. The number of aromatic nitrogens is 2. The molecule has 1 aromatic heterocycles. The van der Waals surface area contributed by atoms with Gasteiger partial charge in [0, 0.05) is 24.3 Å². The van der Waals surface area contributed by atoms with Gasteiger partial charge in [-0.2, -0.15) is 0 Å². The fraction of sp³-hybridized carbons (Fsp3) is 0.407. The van der Waals surface area contributed by atoms with Crippen molar-refractivity contribution >= 4 is 21.5 Å². The van der Waals surface area contributed by atoms with Gasteiger partial charge in [0.15, 0.2) is 5.82 Å². The number of nitrogens with zero attached hydrogens (tertiary/aromatic N) is 3. The van der Waals surface area contributed by atoms with Crippen LogP contribution in [-0.2, 0) is 10.0 Å². The van der Waals surface area contributed by atoms with Gasteiger partial charge < -0.3 is 9.64 Å². The van der Waals surface area contributed by atoms with Crippen LogP contribution in [0, 0.1) is 0 Å². The Morgan fingerprint density at radius 1 is 0.943 bits per heavy atom. The maximum atomic E-state index is 13.2. The molecule has 0 unspecified atom stereocenters. The van der Waals surface area contributed by atoms with Gasteiger partial charge in [0.2, 0.25) is 0 Å². The Labute approximate surface area is 208 Å². The highest BCUT2D eigenvalue weighted by Gasteiger charge is 2.21. The molecule has 0 radical (unpaired) electrons. The highest BCUT2D eigenvalue weighted by atomic mass is 32.2. The first kappa shape index (κ1) is 25.0. The van der Waals surface area contributed by atoms with Crippen LogP contribution in [0.5, 0.6) is 5.75 Å². The van der Waals surface area contributed by atoms with Crippen LogP contribution in [0.25, 0.3) is 11.3 Å². The van der Waals surface area contributed by atoms with E-state index in [-0.39, 0.29) is 10.8 Å². The van der Waals surface area contributed by atoms with Crippen LogP contribution in [0.1, 0.15) is 57.9 Å². The molecule has 1 N–H and O–H groups in total. The Kier molecular flexibility index (Phi) is 7.90. The first-order valence-corrected chi connectivity index (χ1v) is 13.8. The van der Waals surface area contributed by atoms with E-state index in [1.165, 1.54) is 25.7 Å². The number of sulfonamides is 1. The molecule has 0 amide bonds. The second kappa shape index (κ2) is 11.1. The predicted molar refractivity (Wildman–Crippen MR) is 141 cm³/mol. The first-order chi connectivity index (χ1) is 16.9. The maximum Gasteiger partial charge on any atom is 0.265 e. The fourth-order valence-corrected chi connectivity index (χ4v) is 5.47. The summed E-state index contributed by atoms with van der Waals surface area (Å²) in [5.74, 6) is 1.46. The third kappa shape index (κ3) is 6.11. The summed E-state index contributed by atoms with van der Waals surface area (Å²) in [6.45, 7) is 8.32. The van der Waals surface area contributed by atoms with Crippen molar-refractivity contribution in [2.75, 3.05) is 29.3 Å². The maximum absolute atomic E-state index is 13.2. The molecule has 3 aromatic rings. The van der Waals surface area contributed by atoms with Gasteiger partial charge in [-0.05, 0) is 67.6 Å². The Hall–Kier alpha value is -3.13. The van der Waals surface area contributed by atoms with Crippen molar-refractivity contribution in [3.63, 3.8) is 0 Å². The molecule has 0 spiro atoms. The molecule has 1 saturated heterocycles. The lowest BCUT2D eigenvalue weighted by molar-refractivity contribution is 0.331. The van der Waals surface area contributed by atoms with E-state index >= 15 is 0 Å². The predicted octanol–water partition coefficient (Wildman–Crippen LogP) is 5.85. The molecule has 4 rings (SSSR count). The number of benzene rings is 2. The zero-order valence-corrected chi connectivity index (χ0v) is 21.5. The number of hydrogen-bond donors (Lipinski definition) is 1. The summed E-state index contributed by atoms with van der Waals surface area (Å²) in [6.07, 6.45) is 4.92. The van der Waals surface area contributed by atoms with Gasteiger partial charge in [-0.3, -0.25) is 4.72 Å². The molecule has 1 aliphatic heterocycles. The van der Waals surface area contributed by atoms with Crippen LogP contribution in [0.2, 0.25) is 0 Å². The topological polar surface area (TPSA) is 84.4 Å². The highest BCUT2D eigenvalue weighted by molar-refractivity contribution is 7.92. The molecule has 1 aliphatic rings. The van der Waals surface area contributed by atoms with E-state index in [0.29, 0.717) is 18.0 Å². The summed E-state index contributed by atoms with van der Waals surface area (Å²) in [4.78, 5) is 2.44. The lowest BCUT2D eigenvalue weighted by Gasteiger charge is -2.20. The van der Waals surface area contributed by atoms with Crippen molar-refractivity contribution in [2.45, 2.75) is 57.3 Å². The molecule has 0 saturated carbocycles. The molecule has 7 nitrogen and oxygen atoms in total. The van der Waals surface area contributed by atoms with Crippen LogP contribution in [-0.4, -0.2) is 38.3 Å². The van der Waals surface area contributed by atoms with Crippen molar-refractivity contribution in [3.05, 3.63) is 60.2 Å². The van der Waals surface area contributed by atoms with Crippen LogP contribution in [0.3, 0.4) is 0 Å². The second-order valence-electron chi connectivity index (χ2n) is 9.15. The monoisotopic (exact) mass is 494 g/mol. The Morgan fingerprint density at radius 2 is 1.66 bits per heavy atom. The molecule has 35 heavy (non-hydrogen) atoms. The van der Waals surface area contributed by atoms with Gasteiger partial charge in [0.25, 0.3) is 10.0 Å². The van der Waals surface area contributed by atoms with Gasteiger partial charge in [0.05, 0.1) is 12.3 Å². The largest absolute Gasteiger partial charge is 0.492 e. The van der Waals surface area contributed by atoms with Gasteiger partial charge in [-0.1, -0.05) is 44.9 Å². The van der Waals surface area contributed by atoms with Crippen molar-refractivity contribution in [3.8, 4) is 17.0 Å². The van der Waals surface area contributed by atoms with Crippen LogP contribution in [0.15, 0.2) is 59.5 Å². The molecule has 0 aliphatic carbocycles. The average Bonchev–Trinajstić information content (AvgIpc) is 3.14. The van der Waals surface area contributed by atoms with Crippen LogP contribution >= 0.6 is 0 Å². The lowest BCUT2D eigenvalue weighted by atomic mass is 10.0. The molecule has 0 atom stereocenters. The van der Waals surface area contributed by atoms with Crippen LogP contribution < -0.4 is 14.4 Å². The molecule has 2 heterocycles. The number of ether oxygens (including phenoxy) is 1. The zero-order chi connectivity index (χ0) is 24.8. The molecule has 8 heteroatoms. The van der Waals surface area contributed by atoms with E-state index in [2.05, 4.69) is 19.8 Å². The SMILES string of the molecule is CCOc1ccc(C(C)C)cc1S(=O)(=O)Nc1ccc(-c2ccc(N3CCCCCC3)nn2)cc1. The molecule has 2 aromatic carbocycles. The van der Waals surface area contributed by atoms with Gasteiger partial charge in [-0.25, -0.2) is 8.42 Å². The summed E-state index contributed by atoms with van der Waals surface area (Å²) in [6, 6.07) is 16.5. The summed E-state index contributed by atoms with van der Waals surface area (Å²) in [5, 5.41) is 8.86. The van der Waals surface area contributed by atoms with E-state index in [9.17, 15) is 8.42 Å². The van der Waals surface area contributed by atoms with Gasteiger partial charge in [0.1, 0.15) is 10.6 Å².